The van der Waals surface area contributed by atoms with Crippen LogP contribution in [0.15, 0.2) is 22.5 Å². The van der Waals surface area contributed by atoms with Gasteiger partial charge >= 0.3 is 0 Å². The number of aromatic nitrogens is 2. The van der Waals surface area contributed by atoms with Crippen molar-refractivity contribution in [2.45, 2.75) is 16.5 Å². The van der Waals surface area contributed by atoms with Gasteiger partial charge in [0.1, 0.15) is 11.6 Å². The first-order valence-corrected chi connectivity index (χ1v) is 7.63. The highest BCUT2D eigenvalue weighted by Crippen LogP contribution is 2.29. The number of hydrogen-bond acceptors (Lipinski definition) is 6. The monoisotopic (exact) mass is 330 g/mol. The molecular weight excluding hydrogens is 318 g/mol. The minimum atomic E-state index is -0.685. The number of carbonyl (C=O) groups excluding carboxylic acids is 1. The fourth-order valence-electron chi connectivity index (χ4n) is 1.39. The molecule has 0 saturated carbocycles. The molecule has 0 aliphatic rings. The van der Waals surface area contributed by atoms with Gasteiger partial charge in [0.25, 0.3) is 0 Å². The van der Waals surface area contributed by atoms with Crippen LogP contribution in [0.2, 0.25) is 0 Å². The SMILES string of the molecule is CNc1nnc(S[C@H](C)C(=O)Nc2cc(F)ccc2F)s1. The van der Waals surface area contributed by atoms with Gasteiger partial charge in [-0.1, -0.05) is 23.1 Å². The van der Waals surface area contributed by atoms with Crippen LogP contribution in [0.1, 0.15) is 6.92 Å². The third kappa shape index (κ3) is 4.11. The second-order valence-electron chi connectivity index (χ2n) is 4.00. The molecule has 0 saturated heterocycles. The first kappa shape index (κ1) is 15.6. The van der Waals surface area contributed by atoms with E-state index in [4.69, 9.17) is 0 Å². The summed E-state index contributed by atoms with van der Waals surface area (Å²) in [4.78, 5) is 12.0. The molecule has 0 spiro atoms. The molecule has 1 aromatic carbocycles. The summed E-state index contributed by atoms with van der Waals surface area (Å²) in [5.74, 6) is -1.74. The molecular formula is C12H12F2N4OS2. The van der Waals surface area contributed by atoms with Gasteiger partial charge in [-0.05, 0) is 19.1 Å². The molecule has 0 bridgehead atoms. The van der Waals surface area contributed by atoms with Crippen molar-refractivity contribution < 1.29 is 13.6 Å². The maximum Gasteiger partial charge on any atom is 0.237 e. The van der Waals surface area contributed by atoms with Gasteiger partial charge in [0.05, 0.1) is 10.9 Å². The molecule has 21 heavy (non-hydrogen) atoms. The van der Waals surface area contributed by atoms with Gasteiger partial charge in [-0.3, -0.25) is 4.79 Å². The molecule has 5 nitrogen and oxygen atoms in total. The van der Waals surface area contributed by atoms with E-state index < -0.39 is 22.8 Å². The van der Waals surface area contributed by atoms with E-state index in [1.165, 1.54) is 23.1 Å². The van der Waals surface area contributed by atoms with Gasteiger partial charge in [-0.25, -0.2) is 8.78 Å². The zero-order valence-electron chi connectivity index (χ0n) is 11.2. The molecule has 1 amide bonds. The van der Waals surface area contributed by atoms with Crippen LogP contribution in [0, 0.1) is 11.6 Å². The first-order valence-electron chi connectivity index (χ1n) is 5.93. The Labute approximate surface area is 128 Å². The standard InChI is InChI=1S/C12H12F2N4OS2/c1-6(20-12-18-17-11(15-2)21-12)10(19)16-9-5-7(13)3-4-8(9)14/h3-6H,1-2H3,(H,15,17)(H,16,19)/t6-/m1/s1. The Morgan fingerprint density at radius 3 is 2.81 bits per heavy atom. The van der Waals surface area contributed by atoms with Gasteiger partial charge in [0.2, 0.25) is 11.0 Å². The van der Waals surface area contributed by atoms with E-state index in [2.05, 4.69) is 20.8 Å². The molecule has 1 heterocycles. The van der Waals surface area contributed by atoms with Crippen LogP contribution < -0.4 is 10.6 Å². The van der Waals surface area contributed by atoms with Crippen molar-refractivity contribution in [1.82, 2.24) is 10.2 Å². The van der Waals surface area contributed by atoms with Crippen molar-refractivity contribution in [2.24, 2.45) is 0 Å². The number of anilines is 2. The Kier molecular flexibility index (Phi) is 5.07. The summed E-state index contributed by atoms with van der Waals surface area (Å²) in [7, 11) is 1.72. The Morgan fingerprint density at radius 1 is 1.38 bits per heavy atom. The number of halogens is 2. The summed E-state index contributed by atoms with van der Waals surface area (Å²) in [5.41, 5.74) is -0.180. The molecule has 112 valence electrons. The van der Waals surface area contributed by atoms with Crippen LogP contribution in [-0.2, 0) is 4.79 Å². The van der Waals surface area contributed by atoms with Crippen molar-refractivity contribution in [3.05, 3.63) is 29.8 Å². The van der Waals surface area contributed by atoms with Gasteiger partial charge in [0, 0.05) is 13.1 Å². The number of carbonyl (C=O) groups is 1. The number of rotatable bonds is 5. The number of nitrogens with one attached hydrogen (secondary N) is 2. The van der Waals surface area contributed by atoms with Gasteiger partial charge in [-0.2, -0.15) is 0 Å². The molecule has 2 N–H and O–H groups in total. The lowest BCUT2D eigenvalue weighted by Crippen LogP contribution is -2.23. The van der Waals surface area contributed by atoms with Crippen LogP contribution in [0.4, 0.5) is 19.6 Å². The zero-order chi connectivity index (χ0) is 15.4. The Hall–Kier alpha value is -1.74. The van der Waals surface area contributed by atoms with E-state index in [9.17, 15) is 13.6 Å². The molecule has 9 heteroatoms. The van der Waals surface area contributed by atoms with Crippen LogP contribution in [0.5, 0.6) is 0 Å². The highest BCUT2D eigenvalue weighted by Gasteiger charge is 2.18. The predicted octanol–water partition coefficient (Wildman–Crippen LogP) is 2.98. The van der Waals surface area contributed by atoms with Crippen LogP contribution in [0.25, 0.3) is 0 Å². The normalized spacial score (nSPS) is 12.0. The molecule has 0 unspecified atom stereocenters. The van der Waals surface area contributed by atoms with Crippen molar-refractivity contribution in [2.75, 3.05) is 17.7 Å². The molecule has 0 fully saturated rings. The summed E-state index contributed by atoms with van der Waals surface area (Å²) in [6.07, 6.45) is 0. The molecule has 1 aromatic heterocycles. The molecule has 2 aromatic rings. The van der Waals surface area contributed by atoms with E-state index in [-0.39, 0.29) is 5.69 Å². The summed E-state index contributed by atoms with van der Waals surface area (Å²) in [5, 5.41) is 13.1. The Morgan fingerprint density at radius 2 is 2.14 bits per heavy atom. The summed E-state index contributed by atoms with van der Waals surface area (Å²) in [6, 6.07) is 2.89. The highest BCUT2D eigenvalue weighted by atomic mass is 32.2. The van der Waals surface area contributed by atoms with Crippen molar-refractivity contribution >= 4 is 39.8 Å². The van der Waals surface area contributed by atoms with E-state index in [0.29, 0.717) is 9.47 Å². The van der Waals surface area contributed by atoms with E-state index in [1.807, 2.05) is 0 Å². The van der Waals surface area contributed by atoms with Gasteiger partial charge in [0.15, 0.2) is 4.34 Å². The molecule has 0 aliphatic carbocycles. The molecule has 2 rings (SSSR count). The van der Waals surface area contributed by atoms with Crippen molar-refractivity contribution in [3.8, 4) is 0 Å². The zero-order valence-corrected chi connectivity index (χ0v) is 12.8. The lowest BCUT2D eigenvalue weighted by atomic mass is 10.3. The lowest BCUT2D eigenvalue weighted by molar-refractivity contribution is -0.115. The third-order valence-electron chi connectivity index (χ3n) is 2.45. The molecule has 0 aliphatic heterocycles. The topological polar surface area (TPSA) is 66.9 Å². The van der Waals surface area contributed by atoms with E-state index in [0.717, 1.165) is 18.2 Å². The molecule has 0 radical (unpaired) electrons. The summed E-state index contributed by atoms with van der Waals surface area (Å²) in [6.45, 7) is 1.65. The predicted molar refractivity (Wildman–Crippen MR) is 79.8 cm³/mol. The Balaban J connectivity index is 2.00. The van der Waals surface area contributed by atoms with Crippen molar-refractivity contribution in [3.63, 3.8) is 0 Å². The van der Waals surface area contributed by atoms with Gasteiger partial charge < -0.3 is 10.6 Å². The van der Waals surface area contributed by atoms with Gasteiger partial charge in [-0.15, -0.1) is 10.2 Å². The average Bonchev–Trinajstić information content (AvgIpc) is 2.90. The van der Waals surface area contributed by atoms with E-state index in [1.54, 1.807) is 14.0 Å². The van der Waals surface area contributed by atoms with Crippen LogP contribution in [0.3, 0.4) is 0 Å². The summed E-state index contributed by atoms with van der Waals surface area (Å²) < 4.78 is 27.1. The largest absolute Gasteiger partial charge is 0.363 e. The van der Waals surface area contributed by atoms with Crippen LogP contribution >= 0.6 is 23.1 Å². The minimum Gasteiger partial charge on any atom is -0.363 e. The lowest BCUT2D eigenvalue weighted by Gasteiger charge is -2.10. The quantitative estimate of drug-likeness (QED) is 0.825. The highest BCUT2D eigenvalue weighted by molar-refractivity contribution is 8.02. The third-order valence-corrected chi connectivity index (χ3v) is 4.58. The number of amides is 1. The fourth-order valence-corrected chi connectivity index (χ4v) is 3.24. The maximum atomic E-state index is 13.5. The maximum absolute atomic E-state index is 13.5. The fraction of sp³-hybridized carbons (Fsp3) is 0.250. The Bertz CT molecular complexity index is 650. The van der Waals surface area contributed by atoms with E-state index >= 15 is 0 Å². The number of thioether (sulfide) groups is 1. The van der Waals surface area contributed by atoms with Crippen LogP contribution in [-0.4, -0.2) is 28.4 Å². The van der Waals surface area contributed by atoms with Crippen molar-refractivity contribution in [1.29, 1.82) is 0 Å². The molecule has 1 atom stereocenters. The number of benzene rings is 1. The summed E-state index contributed by atoms with van der Waals surface area (Å²) >= 11 is 2.50. The smallest absolute Gasteiger partial charge is 0.237 e. The first-order chi connectivity index (χ1) is 9.99. The second-order valence-corrected chi connectivity index (χ2v) is 6.56. The minimum absolute atomic E-state index is 0.180. The second kappa shape index (κ2) is 6.81. The average molecular weight is 330 g/mol. The number of nitrogens with zero attached hydrogens (tertiary/aromatic N) is 2. The number of hydrogen-bond donors (Lipinski definition) is 2.